The fourth-order valence-electron chi connectivity index (χ4n) is 1.74. The quantitative estimate of drug-likeness (QED) is 0.720. The van der Waals surface area contributed by atoms with Crippen molar-refractivity contribution in [2.75, 3.05) is 11.1 Å². The zero-order valence-corrected chi connectivity index (χ0v) is 12.9. The zero-order valence-electron chi connectivity index (χ0n) is 10.6. The first-order chi connectivity index (χ1) is 9.86. The van der Waals surface area contributed by atoms with Crippen LogP contribution in [0.3, 0.4) is 0 Å². The third kappa shape index (κ3) is 3.74. The number of aromatic carboxylic acids is 1. The molecule has 0 aliphatic rings. The molecule has 108 valence electrons. The summed E-state index contributed by atoms with van der Waals surface area (Å²) in [7, 11) is 0. The minimum Gasteiger partial charge on any atom is -0.478 e. The lowest BCUT2D eigenvalue weighted by molar-refractivity contribution is 0.0698. The van der Waals surface area contributed by atoms with Crippen molar-refractivity contribution in [3.63, 3.8) is 0 Å². The number of amides is 1. The van der Waals surface area contributed by atoms with Gasteiger partial charge in [-0.1, -0.05) is 27.5 Å². The highest BCUT2D eigenvalue weighted by molar-refractivity contribution is 9.10. The van der Waals surface area contributed by atoms with E-state index in [0.717, 1.165) is 0 Å². The maximum Gasteiger partial charge on any atom is 0.337 e. The van der Waals surface area contributed by atoms with Crippen LogP contribution in [0.5, 0.6) is 0 Å². The van der Waals surface area contributed by atoms with Crippen LogP contribution in [0.25, 0.3) is 0 Å². The van der Waals surface area contributed by atoms with E-state index in [9.17, 15) is 9.59 Å². The Labute approximate surface area is 133 Å². The van der Waals surface area contributed by atoms with Crippen LogP contribution in [0.1, 0.15) is 20.7 Å². The number of hydrogen-bond acceptors (Lipinski definition) is 3. The lowest BCUT2D eigenvalue weighted by Crippen LogP contribution is -2.15. The monoisotopic (exact) mass is 368 g/mol. The van der Waals surface area contributed by atoms with E-state index in [1.54, 1.807) is 12.1 Å². The van der Waals surface area contributed by atoms with Crippen LogP contribution in [0, 0.1) is 0 Å². The van der Waals surface area contributed by atoms with Gasteiger partial charge in [0.2, 0.25) is 0 Å². The van der Waals surface area contributed by atoms with E-state index in [0.29, 0.717) is 20.7 Å². The molecule has 21 heavy (non-hydrogen) atoms. The summed E-state index contributed by atoms with van der Waals surface area (Å²) in [5.41, 5.74) is 6.47. The van der Waals surface area contributed by atoms with Crippen LogP contribution in [0.4, 0.5) is 11.4 Å². The van der Waals surface area contributed by atoms with Gasteiger partial charge in [0.15, 0.2) is 0 Å². The van der Waals surface area contributed by atoms with Crippen molar-refractivity contribution in [3.8, 4) is 0 Å². The largest absolute Gasteiger partial charge is 0.478 e. The summed E-state index contributed by atoms with van der Waals surface area (Å²) in [5, 5.41) is 12.0. The molecule has 0 aliphatic heterocycles. The zero-order chi connectivity index (χ0) is 15.6. The van der Waals surface area contributed by atoms with Gasteiger partial charge < -0.3 is 16.2 Å². The highest BCUT2D eigenvalue weighted by Gasteiger charge is 2.14. The first kappa shape index (κ1) is 15.3. The number of nitrogens with two attached hydrogens (primary N) is 1. The van der Waals surface area contributed by atoms with Gasteiger partial charge in [-0.15, -0.1) is 0 Å². The van der Waals surface area contributed by atoms with Crippen molar-refractivity contribution < 1.29 is 14.7 Å². The highest BCUT2D eigenvalue weighted by atomic mass is 79.9. The van der Waals surface area contributed by atoms with Crippen LogP contribution in [0.2, 0.25) is 5.02 Å². The topological polar surface area (TPSA) is 92.4 Å². The predicted octanol–water partition coefficient (Wildman–Crippen LogP) is 3.64. The van der Waals surface area contributed by atoms with Gasteiger partial charge in [0, 0.05) is 20.7 Å². The molecule has 2 aromatic carbocycles. The first-order valence-corrected chi connectivity index (χ1v) is 6.94. The Balaban J connectivity index is 2.35. The van der Waals surface area contributed by atoms with E-state index in [4.69, 9.17) is 22.4 Å². The molecule has 0 spiro atoms. The summed E-state index contributed by atoms with van der Waals surface area (Å²) in [5.74, 6) is -1.64. The molecule has 0 fully saturated rings. The van der Waals surface area contributed by atoms with Gasteiger partial charge in [0.1, 0.15) is 0 Å². The second-order valence-corrected chi connectivity index (χ2v) is 5.57. The van der Waals surface area contributed by atoms with E-state index in [2.05, 4.69) is 21.2 Å². The molecule has 0 radical (unpaired) electrons. The lowest BCUT2D eigenvalue weighted by Gasteiger charge is -2.10. The molecule has 5 nitrogen and oxygen atoms in total. The molecule has 7 heteroatoms. The predicted molar refractivity (Wildman–Crippen MR) is 84.9 cm³/mol. The van der Waals surface area contributed by atoms with Crippen LogP contribution in [0.15, 0.2) is 40.9 Å². The molecule has 0 heterocycles. The smallest absolute Gasteiger partial charge is 0.337 e. The number of anilines is 2. The summed E-state index contributed by atoms with van der Waals surface area (Å²) in [6.45, 7) is 0. The maximum atomic E-state index is 12.2. The second-order valence-electron chi connectivity index (χ2n) is 4.22. The highest BCUT2D eigenvalue weighted by Crippen LogP contribution is 2.23. The molecular formula is C14H10BrClN2O3. The van der Waals surface area contributed by atoms with Gasteiger partial charge in [0.05, 0.1) is 11.3 Å². The van der Waals surface area contributed by atoms with Crippen LogP contribution in [-0.4, -0.2) is 17.0 Å². The number of nitrogens with one attached hydrogen (secondary N) is 1. The Bertz CT molecular complexity index is 714. The molecular weight excluding hydrogens is 360 g/mol. The Morgan fingerprint density at radius 2 is 1.90 bits per heavy atom. The molecule has 0 atom stereocenters. The van der Waals surface area contributed by atoms with Crippen LogP contribution >= 0.6 is 27.5 Å². The van der Waals surface area contributed by atoms with Gasteiger partial charge in [-0.05, 0) is 36.4 Å². The first-order valence-electron chi connectivity index (χ1n) is 5.77. The number of benzene rings is 2. The number of halogens is 2. The number of hydrogen-bond donors (Lipinski definition) is 3. The Morgan fingerprint density at radius 1 is 1.19 bits per heavy atom. The molecule has 2 aromatic rings. The van der Waals surface area contributed by atoms with Gasteiger partial charge in [-0.2, -0.15) is 0 Å². The number of carboxylic acids is 1. The van der Waals surface area contributed by atoms with Crippen molar-refractivity contribution >= 4 is 50.8 Å². The molecule has 0 unspecified atom stereocenters. The maximum absolute atomic E-state index is 12.2. The molecule has 2 rings (SSSR count). The average molecular weight is 370 g/mol. The third-order valence-corrected chi connectivity index (χ3v) is 3.34. The fraction of sp³-hybridized carbons (Fsp3) is 0. The fourth-order valence-corrected chi connectivity index (χ4v) is 2.43. The minimum atomic E-state index is -1.16. The molecule has 0 bridgehead atoms. The second kappa shape index (κ2) is 6.15. The normalized spacial score (nSPS) is 10.2. The average Bonchev–Trinajstić information content (AvgIpc) is 2.37. The summed E-state index contributed by atoms with van der Waals surface area (Å²) in [6, 6.07) is 8.87. The van der Waals surface area contributed by atoms with Gasteiger partial charge in [-0.25, -0.2) is 4.79 Å². The molecule has 0 aromatic heterocycles. The van der Waals surface area contributed by atoms with Crippen molar-refractivity contribution in [1.82, 2.24) is 0 Å². The van der Waals surface area contributed by atoms with Gasteiger partial charge >= 0.3 is 5.97 Å². The number of carbonyl (C=O) groups excluding carboxylic acids is 1. The number of carboxylic acid groups (broad SMARTS) is 1. The van der Waals surface area contributed by atoms with Gasteiger partial charge in [-0.3, -0.25) is 4.79 Å². The van der Waals surface area contributed by atoms with E-state index >= 15 is 0 Å². The summed E-state index contributed by atoms with van der Waals surface area (Å²) in [6.07, 6.45) is 0. The SMILES string of the molecule is Nc1cc(Br)cc(C(=O)Nc2cc(Cl)ccc2C(=O)O)c1. The summed E-state index contributed by atoms with van der Waals surface area (Å²) >= 11 is 9.07. The number of nitrogen functional groups attached to an aromatic ring is 1. The van der Waals surface area contributed by atoms with E-state index in [1.165, 1.54) is 24.3 Å². The van der Waals surface area contributed by atoms with Crippen LogP contribution in [-0.2, 0) is 0 Å². The van der Waals surface area contributed by atoms with E-state index in [1.807, 2.05) is 0 Å². The Morgan fingerprint density at radius 3 is 2.52 bits per heavy atom. The Kier molecular flexibility index (Phi) is 4.50. The van der Waals surface area contributed by atoms with Gasteiger partial charge in [0.25, 0.3) is 5.91 Å². The summed E-state index contributed by atoms with van der Waals surface area (Å²) < 4.78 is 0.650. The lowest BCUT2D eigenvalue weighted by atomic mass is 10.1. The minimum absolute atomic E-state index is 0.0456. The molecule has 0 saturated heterocycles. The Hall–Kier alpha value is -2.05. The summed E-state index contributed by atoms with van der Waals surface area (Å²) in [4.78, 5) is 23.3. The van der Waals surface area contributed by atoms with Crippen molar-refractivity contribution in [1.29, 1.82) is 0 Å². The molecule has 1 amide bonds. The third-order valence-electron chi connectivity index (χ3n) is 2.64. The van der Waals surface area contributed by atoms with Crippen LogP contribution < -0.4 is 11.1 Å². The number of carbonyl (C=O) groups is 2. The number of rotatable bonds is 3. The molecule has 0 saturated carbocycles. The van der Waals surface area contributed by atoms with E-state index < -0.39 is 11.9 Å². The molecule has 0 aliphatic carbocycles. The van der Waals surface area contributed by atoms with Crippen molar-refractivity contribution in [2.45, 2.75) is 0 Å². The standard InChI is InChI=1S/C14H10BrClN2O3/c15-8-3-7(4-10(17)5-8)13(19)18-12-6-9(16)1-2-11(12)14(20)21/h1-6H,17H2,(H,18,19)(H,20,21). The molecule has 4 N–H and O–H groups in total. The van der Waals surface area contributed by atoms with Crippen molar-refractivity contribution in [2.24, 2.45) is 0 Å². The van der Waals surface area contributed by atoms with E-state index in [-0.39, 0.29) is 11.3 Å². The van der Waals surface area contributed by atoms with Crippen molar-refractivity contribution in [3.05, 3.63) is 57.0 Å².